The Labute approximate surface area is 171 Å². The highest BCUT2D eigenvalue weighted by Crippen LogP contribution is 2.41. The second-order valence-electron chi connectivity index (χ2n) is 6.74. The molecular weight excluding hydrogens is 391 g/mol. The van der Waals surface area contributed by atoms with E-state index in [0.717, 1.165) is 10.6 Å². The number of rotatable bonds is 5. The standard InChI is InChI=1S/C22H19FN2O3S/c1-12(2)27-18-10-15-17(11-16(18)22-25-8-9-29-22)28-20(19(15)21(26)24-3)13-4-6-14(23)7-5-13/h4-12H,1-3H3,(H,24,26). The summed E-state index contributed by atoms with van der Waals surface area (Å²) < 4.78 is 25.5. The van der Waals surface area contributed by atoms with Gasteiger partial charge in [0, 0.05) is 29.6 Å². The van der Waals surface area contributed by atoms with Crippen molar-refractivity contribution >= 4 is 28.2 Å². The molecular formula is C22H19FN2O3S. The first kappa shape index (κ1) is 19.1. The first-order valence-electron chi connectivity index (χ1n) is 9.13. The van der Waals surface area contributed by atoms with E-state index in [9.17, 15) is 9.18 Å². The molecule has 1 amide bonds. The van der Waals surface area contributed by atoms with Gasteiger partial charge in [-0.1, -0.05) is 0 Å². The van der Waals surface area contributed by atoms with E-state index in [1.807, 2.05) is 31.4 Å². The Hall–Kier alpha value is -3.19. The number of halogens is 1. The van der Waals surface area contributed by atoms with Gasteiger partial charge in [-0.3, -0.25) is 4.79 Å². The quantitative estimate of drug-likeness (QED) is 0.471. The number of aromatic nitrogens is 1. The molecule has 2 aromatic heterocycles. The van der Waals surface area contributed by atoms with Gasteiger partial charge >= 0.3 is 0 Å². The average Bonchev–Trinajstić information content (AvgIpc) is 3.34. The summed E-state index contributed by atoms with van der Waals surface area (Å²) in [5.41, 5.74) is 2.32. The van der Waals surface area contributed by atoms with Crippen LogP contribution in [0.25, 0.3) is 32.9 Å². The van der Waals surface area contributed by atoms with Crippen molar-refractivity contribution in [3.63, 3.8) is 0 Å². The third-order valence-electron chi connectivity index (χ3n) is 4.38. The predicted molar refractivity (Wildman–Crippen MR) is 112 cm³/mol. The van der Waals surface area contributed by atoms with Crippen LogP contribution in [0.15, 0.2) is 52.4 Å². The Balaban J connectivity index is 2.00. The van der Waals surface area contributed by atoms with E-state index in [1.54, 1.807) is 25.4 Å². The van der Waals surface area contributed by atoms with E-state index in [-0.39, 0.29) is 17.8 Å². The lowest BCUT2D eigenvalue weighted by atomic mass is 10.0. The van der Waals surface area contributed by atoms with Gasteiger partial charge in [0.25, 0.3) is 5.91 Å². The van der Waals surface area contributed by atoms with E-state index in [0.29, 0.717) is 33.6 Å². The smallest absolute Gasteiger partial charge is 0.255 e. The number of thiazole rings is 1. The average molecular weight is 410 g/mol. The van der Waals surface area contributed by atoms with Crippen molar-refractivity contribution in [3.8, 4) is 27.6 Å². The van der Waals surface area contributed by atoms with Crippen LogP contribution in [0.3, 0.4) is 0 Å². The van der Waals surface area contributed by atoms with E-state index in [4.69, 9.17) is 9.15 Å². The molecule has 1 N–H and O–H groups in total. The van der Waals surface area contributed by atoms with Crippen LogP contribution in [0.4, 0.5) is 4.39 Å². The number of carbonyl (C=O) groups excluding carboxylic acids is 1. The minimum Gasteiger partial charge on any atom is -0.490 e. The van der Waals surface area contributed by atoms with Crippen LogP contribution in [0.5, 0.6) is 5.75 Å². The monoisotopic (exact) mass is 410 g/mol. The summed E-state index contributed by atoms with van der Waals surface area (Å²) in [7, 11) is 1.56. The molecule has 0 atom stereocenters. The molecule has 5 nitrogen and oxygen atoms in total. The summed E-state index contributed by atoms with van der Waals surface area (Å²) in [5.74, 6) is 0.357. The minimum absolute atomic E-state index is 0.0573. The Bertz CT molecular complexity index is 1170. The van der Waals surface area contributed by atoms with Gasteiger partial charge in [-0.05, 0) is 50.2 Å². The maximum atomic E-state index is 13.4. The molecule has 4 rings (SSSR count). The molecule has 0 radical (unpaired) electrons. The Kier molecular flexibility index (Phi) is 5.07. The van der Waals surface area contributed by atoms with Crippen molar-refractivity contribution in [2.45, 2.75) is 20.0 Å². The third kappa shape index (κ3) is 3.61. The number of fused-ring (bicyclic) bond motifs is 1. The highest BCUT2D eigenvalue weighted by molar-refractivity contribution is 7.13. The fraction of sp³-hybridized carbons (Fsp3) is 0.182. The lowest BCUT2D eigenvalue weighted by molar-refractivity contribution is 0.0964. The molecule has 0 saturated carbocycles. The summed E-state index contributed by atoms with van der Waals surface area (Å²) >= 11 is 1.49. The number of hydrogen-bond acceptors (Lipinski definition) is 5. The fourth-order valence-corrected chi connectivity index (χ4v) is 3.81. The maximum absolute atomic E-state index is 13.4. The fourth-order valence-electron chi connectivity index (χ4n) is 3.15. The second kappa shape index (κ2) is 7.67. The van der Waals surface area contributed by atoms with Gasteiger partial charge in [0.15, 0.2) is 0 Å². The van der Waals surface area contributed by atoms with E-state index in [2.05, 4.69) is 10.3 Å². The summed E-state index contributed by atoms with van der Waals surface area (Å²) in [6, 6.07) is 9.51. The minimum atomic E-state index is -0.356. The van der Waals surface area contributed by atoms with Crippen LogP contribution in [0.2, 0.25) is 0 Å². The number of amides is 1. The Morgan fingerprint density at radius 2 is 2.00 bits per heavy atom. The second-order valence-corrected chi connectivity index (χ2v) is 7.64. The lowest BCUT2D eigenvalue weighted by Gasteiger charge is -2.13. The Morgan fingerprint density at radius 3 is 2.62 bits per heavy atom. The number of nitrogens with one attached hydrogen (secondary N) is 1. The van der Waals surface area contributed by atoms with E-state index < -0.39 is 0 Å². The highest BCUT2D eigenvalue weighted by Gasteiger charge is 2.24. The van der Waals surface area contributed by atoms with Crippen LogP contribution in [-0.4, -0.2) is 24.0 Å². The van der Waals surface area contributed by atoms with Crippen molar-refractivity contribution in [2.24, 2.45) is 0 Å². The van der Waals surface area contributed by atoms with E-state index >= 15 is 0 Å². The van der Waals surface area contributed by atoms with Gasteiger partial charge in [0.2, 0.25) is 0 Å². The number of ether oxygens (including phenoxy) is 1. The summed E-state index contributed by atoms with van der Waals surface area (Å²) in [6.07, 6.45) is 1.67. The van der Waals surface area contributed by atoms with Gasteiger partial charge < -0.3 is 14.5 Å². The SMILES string of the molecule is CNC(=O)c1c(-c2ccc(F)cc2)oc2cc(-c3nccs3)c(OC(C)C)cc12. The van der Waals surface area contributed by atoms with E-state index in [1.165, 1.54) is 23.5 Å². The van der Waals surface area contributed by atoms with Gasteiger partial charge in [-0.15, -0.1) is 11.3 Å². The number of furan rings is 1. The highest BCUT2D eigenvalue weighted by atomic mass is 32.1. The molecule has 0 bridgehead atoms. The molecule has 0 aliphatic heterocycles. The molecule has 2 heterocycles. The maximum Gasteiger partial charge on any atom is 0.255 e. The Morgan fingerprint density at radius 1 is 1.24 bits per heavy atom. The van der Waals surface area contributed by atoms with Crippen molar-refractivity contribution < 1.29 is 18.3 Å². The molecule has 0 aliphatic carbocycles. The molecule has 0 aliphatic rings. The van der Waals surface area contributed by atoms with Gasteiger partial charge in [0.05, 0.1) is 17.2 Å². The topological polar surface area (TPSA) is 64.4 Å². The van der Waals surface area contributed by atoms with Crippen molar-refractivity contribution in [2.75, 3.05) is 7.05 Å². The molecule has 0 spiro atoms. The van der Waals surface area contributed by atoms with Crippen molar-refractivity contribution in [1.82, 2.24) is 10.3 Å². The summed E-state index contributed by atoms with van der Waals surface area (Å²) in [4.78, 5) is 17.1. The van der Waals surface area contributed by atoms with Gasteiger partial charge in [-0.2, -0.15) is 0 Å². The summed E-state index contributed by atoms with van der Waals surface area (Å²) in [5, 5.41) is 5.97. The van der Waals surface area contributed by atoms with Crippen molar-refractivity contribution in [3.05, 3.63) is 59.4 Å². The van der Waals surface area contributed by atoms with Crippen LogP contribution in [0, 0.1) is 5.82 Å². The first-order valence-corrected chi connectivity index (χ1v) is 10.0. The zero-order chi connectivity index (χ0) is 20.5. The number of benzene rings is 2. The van der Waals surface area contributed by atoms with Crippen LogP contribution in [-0.2, 0) is 0 Å². The molecule has 0 saturated heterocycles. The zero-order valence-electron chi connectivity index (χ0n) is 16.2. The third-order valence-corrected chi connectivity index (χ3v) is 5.18. The number of carbonyl (C=O) groups is 1. The lowest BCUT2D eigenvalue weighted by Crippen LogP contribution is -2.18. The number of hydrogen-bond donors (Lipinski definition) is 1. The molecule has 148 valence electrons. The van der Waals surface area contributed by atoms with Gasteiger partial charge in [0.1, 0.15) is 27.9 Å². The molecule has 29 heavy (non-hydrogen) atoms. The molecule has 2 aromatic carbocycles. The molecule has 0 fully saturated rings. The first-order chi connectivity index (χ1) is 14.0. The van der Waals surface area contributed by atoms with Crippen molar-refractivity contribution in [1.29, 1.82) is 0 Å². The van der Waals surface area contributed by atoms with Gasteiger partial charge in [-0.25, -0.2) is 9.37 Å². The van der Waals surface area contributed by atoms with Crippen LogP contribution < -0.4 is 10.1 Å². The largest absolute Gasteiger partial charge is 0.490 e. The molecule has 7 heteroatoms. The van der Waals surface area contributed by atoms with Crippen LogP contribution in [0.1, 0.15) is 24.2 Å². The molecule has 0 unspecified atom stereocenters. The number of nitrogens with zero attached hydrogens (tertiary/aromatic N) is 1. The molecule has 4 aromatic rings. The van der Waals surface area contributed by atoms with Crippen LogP contribution >= 0.6 is 11.3 Å². The predicted octanol–water partition coefficient (Wildman–Crippen LogP) is 5.51. The summed E-state index contributed by atoms with van der Waals surface area (Å²) in [6.45, 7) is 3.88. The zero-order valence-corrected chi connectivity index (χ0v) is 17.0. The normalized spacial score (nSPS) is 11.2.